The molecule has 0 saturated heterocycles. The van der Waals surface area contributed by atoms with Gasteiger partial charge in [-0.05, 0) is 61.3 Å². The van der Waals surface area contributed by atoms with Crippen molar-refractivity contribution in [2.75, 3.05) is 27.2 Å². The number of hydrogen-bond donors (Lipinski definition) is 0. The monoisotopic (exact) mass is 371 g/mol. The molecule has 0 radical (unpaired) electrons. The largest absolute Gasteiger partial charge is 0.492 e. The maximum absolute atomic E-state index is 5.79. The summed E-state index contributed by atoms with van der Waals surface area (Å²) in [5, 5.41) is 0. The van der Waals surface area contributed by atoms with E-state index in [1.165, 1.54) is 22.3 Å². The van der Waals surface area contributed by atoms with Gasteiger partial charge in [-0.25, -0.2) is 0 Å². The second-order valence-corrected chi connectivity index (χ2v) is 7.24. The highest BCUT2D eigenvalue weighted by atomic mass is 16.5. The summed E-state index contributed by atoms with van der Waals surface area (Å²) in [5.41, 5.74) is 5.22. The van der Waals surface area contributed by atoms with Crippen molar-refractivity contribution < 1.29 is 4.74 Å². The first-order chi connectivity index (χ1) is 13.7. The van der Waals surface area contributed by atoms with Gasteiger partial charge in [0.25, 0.3) is 0 Å². The molecule has 0 unspecified atom stereocenters. The zero-order chi connectivity index (χ0) is 19.6. The first kappa shape index (κ1) is 19.9. The molecular weight excluding hydrogens is 342 g/mol. The zero-order valence-electron chi connectivity index (χ0n) is 16.8. The van der Waals surface area contributed by atoms with Crippen molar-refractivity contribution in [1.29, 1.82) is 0 Å². The first-order valence-corrected chi connectivity index (χ1v) is 9.88. The number of likely N-dealkylation sites (N-methyl/N-ethyl adjacent to an activating group) is 1. The van der Waals surface area contributed by atoms with Gasteiger partial charge in [-0.3, -0.25) is 0 Å². The standard InChI is InChI=1S/C26H29NO/c1-27(2)19-20-28-26-17-14-22(15-18-26)13-16-25(24-11-7-4-8-12-24)21-23-9-5-3-6-10-23/h3-12,14-15,17-18,21H,13,16,19-20H2,1-2H3. The van der Waals surface area contributed by atoms with Gasteiger partial charge in [-0.15, -0.1) is 0 Å². The summed E-state index contributed by atoms with van der Waals surface area (Å²) in [4.78, 5) is 2.12. The molecule has 0 amide bonds. The summed E-state index contributed by atoms with van der Waals surface area (Å²) in [6, 6.07) is 29.7. The smallest absolute Gasteiger partial charge is 0.119 e. The Labute approximate surface area is 169 Å². The number of hydrogen-bond acceptors (Lipinski definition) is 2. The number of nitrogens with zero attached hydrogens (tertiary/aromatic N) is 1. The molecule has 0 spiro atoms. The maximum Gasteiger partial charge on any atom is 0.119 e. The van der Waals surface area contributed by atoms with Crippen molar-refractivity contribution >= 4 is 11.6 Å². The van der Waals surface area contributed by atoms with Crippen LogP contribution in [-0.4, -0.2) is 32.1 Å². The van der Waals surface area contributed by atoms with E-state index < -0.39 is 0 Å². The van der Waals surface area contributed by atoms with Crippen LogP contribution in [0.2, 0.25) is 0 Å². The lowest BCUT2D eigenvalue weighted by atomic mass is 9.96. The molecular formula is C26H29NO. The van der Waals surface area contributed by atoms with Crippen LogP contribution < -0.4 is 4.74 Å². The molecule has 0 aromatic heterocycles. The molecule has 0 fully saturated rings. The summed E-state index contributed by atoms with van der Waals surface area (Å²) < 4.78 is 5.79. The van der Waals surface area contributed by atoms with E-state index in [1.54, 1.807) is 0 Å². The van der Waals surface area contributed by atoms with Crippen LogP contribution in [0.5, 0.6) is 5.75 Å². The highest BCUT2D eigenvalue weighted by Gasteiger charge is 2.04. The predicted molar refractivity (Wildman–Crippen MR) is 120 cm³/mol. The number of ether oxygens (including phenoxy) is 1. The fourth-order valence-electron chi connectivity index (χ4n) is 3.08. The normalized spacial score (nSPS) is 11.6. The van der Waals surface area contributed by atoms with Crippen LogP contribution in [0.4, 0.5) is 0 Å². The Bertz CT molecular complexity index is 852. The van der Waals surface area contributed by atoms with Gasteiger partial charge in [0.15, 0.2) is 0 Å². The lowest BCUT2D eigenvalue weighted by Crippen LogP contribution is -2.19. The zero-order valence-corrected chi connectivity index (χ0v) is 16.8. The third kappa shape index (κ3) is 6.40. The summed E-state index contributed by atoms with van der Waals surface area (Å²) in [6.07, 6.45) is 4.30. The minimum atomic E-state index is 0.713. The highest BCUT2D eigenvalue weighted by molar-refractivity contribution is 5.81. The molecule has 0 saturated carbocycles. The third-order valence-electron chi connectivity index (χ3n) is 4.70. The summed E-state index contributed by atoms with van der Waals surface area (Å²) in [6.45, 7) is 1.64. The van der Waals surface area contributed by atoms with Gasteiger partial charge in [0, 0.05) is 6.54 Å². The number of benzene rings is 3. The van der Waals surface area contributed by atoms with Gasteiger partial charge >= 0.3 is 0 Å². The molecule has 28 heavy (non-hydrogen) atoms. The minimum Gasteiger partial charge on any atom is -0.492 e. The Kier molecular flexibility index (Phi) is 7.45. The van der Waals surface area contributed by atoms with E-state index in [-0.39, 0.29) is 0 Å². The van der Waals surface area contributed by atoms with E-state index in [9.17, 15) is 0 Å². The van der Waals surface area contributed by atoms with Crippen molar-refractivity contribution in [1.82, 2.24) is 4.90 Å². The topological polar surface area (TPSA) is 12.5 Å². The second kappa shape index (κ2) is 10.5. The molecule has 0 heterocycles. The highest BCUT2D eigenvalue weighted by Crippen LogP contribution is 2.24. The Morgan fingerprint density at radius 2 is 1.46 bits per heavy atom. The first-order valence-electron chi connectivity index (χ1n) is 9.88. The molecule has 0 N–H and O–H groups in total. The van der Waals surface area contributed by atoms with E-state index >= 15 is 0 Å². The van der Waals surface area contributed by atoms with Gasteiger partial charge in [-0.1, -0.05) is 78.9 Å². The van der Waals surface area contributed by atoms with Crippen LogP contribution in [-0.2, 0) is 6.42 Å². The average molecular weight is 372 g/mol. The van der Waals surface area contributed by atoms with E-state index in [2.05, 4.69) is 110 Å². The lowest BCUT2D eigenvalue weighted by Gasteiger charge is -2.12. The Hall–Kier alpha value is -2.84. The molecule has 0 aliphatic rings. The van der Waals surface area contributed by atoms with Crippen molar-refractivity contribution in [3.63, 3.8) is 0 Å². The molecule has 0 aliphatic heterocycles. The van der Waals surface area contributed by atoms with Crippen molar-refractivity contribution in [2.24, 2.45) is 0 Å². The van der Waals surface area contributed by atoms with Crippen LogP contribution in [0.1, 0.15) is 23.1 Å². The number of aryl methyl sites for hydroxylation is 1. The van der Waals surface area contributed by atoms with Crippen molar-refractivity contribution in [2.45, 2.75) is 12.8 Å². The Morgan fingerprint density at radius 1 is 0.821 bits per heavy atom. The molecule has 3 aromatic carbocycles. The molecule has 0 bridgehead atoms. The van der Waals surface area contributed by atoms with Crippen molar-refractivity contribution in [3.8, 4) is 5.75 Å². The average Bonchev–Trinajstić information content (AvgIpc) is 2.73. The van der Waals surface area contributed by atoms with E-state index in [0.717, 1.165) is 25.1 Å². The molecule has 2 heteroatoms. The van der Waals surface area contributed by atoms with E-state index in [0.29, 0.717) is 6.61 Å². The van der Waals surface area contributed by atoms with Gasteiger partial charge in [0.05, 0.1) is 0 Å². The van der Waals surface area contributed by atoms with Crippen molar-refractivity contribution in [3.05, 3.63) is 102 Å². The molecule has 3 rings (SSSR count). The van der Waals surface area contributed by atoms with Crippen LogP contribution in [0.15, 0.2) is 84.9 Å². The van der Waals surface area contributed by atoms with Gasteiger partial charge in [0.2, 0.25) is 0 Å². The Balaban J connectivity index is 1.66. The van der Waals surface area contributed by atoms with Crippen LogP contribution in [0.3, 0.4) is 0 Å². The van der Waals surface area contributed by atoms with E-state index in [4.69, 9.17) is 4.74 Å². The second-order valence-electron chi connectivity index (χ2n) is 7.24. The summed E-state index contributed by atoms with van der Waals surface area (Å²) >= 11 is 0. The molecule has 144 valence electrons. The quantitative estimate of drug-likeness (QED) is 0.441. The third-order valence-corrected chi connectivity index (χ3v) is 4.70. The maximum atomic E-state index is 5.79. The fourth-order valence-corrected chi connectivity index (χ4v) is 3.08. The predicted octanol–water partition coefficient (Wildman–Crippen LogP) is 5.80. The summed E-state index contributed by atoms with van der Waals surface area (Å²) in [7, 11) is 4.11. The molecule has 0 aliphatic carbocycles. The molecule has 2 nitrogen and oxygen atoms in total. The number of rotatable bonds is 9. The SMILES string of the molecule is CN(C)CCOc1ccc(CCC(=Cc2ccccc2)c2ccccc2)cc1. The summed E-state index contributed by atoms with van der Waals surface area (Å²) in [5.74, 6) is 0.939. The van der Waals surface area contributed by atoms with Gasteiger partial charge in [0.1, 0.15) is 12.4 Å². The fraction of sp³-hybridized carbons (Fsp3) is 0.231. The van der Waals surface area contributed by atoms with Crippen LogP contribution in [0.25, 0.3) is 11.6 Å². The molecule has 0 atom stereocenters. The number of allylic oxidation sites excluding steroid dienone is 1. The molecule has 3 aromatic rings. The lowest BCUT2D eigenvalue weighted by molar-refractivity contribution is 0.261. The Morgan fingerprint density at radius 3 is 2.11 bits per heavy atom. The van der Waals surface area contributed by atoms with E-state index in [1.807, 2.05) is 0 Å². The van der Waals surface area contributed by atoms with Gasteiger partial charge < -0.3 is 9.64 Å². The minimum absolute atomic E-state index is 0.713. The van der Waals surface area contributed by atoms with Crippen LogP contribution in [0, 0.1) is 0 Å². The van der Waals surface area contributed by atoms with Gasteiger partial charge in [-0.2, -0.15) is 0 Å². The van der Waals surface area contributed by atoms with Crippen LogP contribution >= 0.6 is 0 Å².